The van der Waals surface area contributed by atoms with Gasteiger partial charge < -0.3 is 11.1 Å². The Hall–Kier alpha value is -1.52. The topological polar surface area (TPSA) is 55.1 Å². The Kier molecular flexibility index (Phi) is 4.82. The van der Waals surface area contributed by atoms with Crippen molar-refractivity contribution in [1.82, 2.24) is 0 Å². The summed E-state index contributed by atoms with van der Waals surface area (Å²) in [6, 6.07) is 13.4. The van der Waals surface area contributed by atoms with Crippen LogP contribution >= 0.6 is 11.8 Å². The van der Waals surface area contributed by atoms with Crippen LogP contribution in [-0.2, 0) is 4.79 Å². The zero-order chi connectivity index (χ0) is 13.7. The number of nitrogens with one attached hydrogen (secondary N) is 1. The summed E-state index contributed by atoms with van der Waals surface area (Å²) in [5.74, 6) is 0.773. The van der Waals surface area contributed by atoms with Crippen molar-refractivity contribution in [3.8, 4) is 0 Å². The minimum atomic E-state index is -0.452. The van der Waals surface area contributed by atoms with Crippen LogP contribution in [0.15, 0.2) is 42.5 Å². The predicted molar refractivity (Wildman–Crippen MR) is 83.6 cm³/mol. The van der Waals surface area contributed by atoms with Gasteiger partial charge in [-0.1, -0.05) is 36.4 Å². The molecule has 0 saturated heterocycles. The Morgan fingerprint density at radius 3 is 2.79 bits per heavy atom. The Morgan fingerprint density at radius 1 is 1.26 bits per heavy atom. The molecule has 1 amide bonds. The normalized spacial score (nSPS) is 12.3. The van der Waals surface area contributed by atoms with Gasteiger partial charge in [0.25, 0.3) is 0 Å². The minimum Gasteiger partial charge on any atom is -0.324 e. The zero-order valence-corrected chi connectivity index (χ0v) is 11.7. The lowest BCUT2D eigenvalue weighted by molar-refractivity contribution is -0.117. The molecule has 0 bridgehead atoms. The molecule has 0 saturated carbocycles. The molecule has 0 fully saturated rings. The molecule has 3 nitrogen and oxygen atoms in total. The SMILES string of the molecule is CSCC[C@@H](N)C(=O)Nc1cccc2ccccc12. The maximum atomic E-state index is 12.0. The Morgan fingerprint density at radius 2 is 2.00 bits per heavy atom. The van der Waals surface area contributed by atoms with E-state index in [-0.39, 0.29) is 5.91 Å². The van der Waals surface area contributed by atoms with Crippen LogP contribution in [0.1, 0.15) is 6.42 Å². The van der Waals surface area contributed by atoms with Crippen molar-refractivity contribution in [2.24, 2.45) is 5.73 Å². The molecule has 19 heavy (non-hydrogen) atoms. The fourth-order valence-electron chi connectivity index (χ4n) is 1.94. The number of nitrogens with two attached hydrogens (primary N) is 1. The summed E-state index contributed by atoms with van der Waals surface area (Å²) >= 11 is 1.70. The number of fused-ring (bicyclic) bond motifs is 1. The van der Waals surface area contributed by atoms with Gasteiger partial charge in [0, 0.05) is 11.1 Å². The van der Waals surface area contributed by atoms with Crippen LogP contribution in [0.5, 0.6) is 0 Å². The third kappa shape index (κ3) is 3.49. The molecule has 0 aliphatic carbocycles. The highest BCUT2D eigenvalue weighted by Gasteiger charge is 2.13. The Bertz CT molecular complexity index is 566. The van der Waals surface area contributed by atoms with Crippen molar-refractivity contribution in [2.75, 3.05) is 17.3 Å². The van der Waals surface area contributed by atoms with E-state index in [0.29, 0.717) is 6.42 Å². The monoisotopic (exact) mass is 274 g/mol. The Balaban J connectivity index is 2.15. The van der Waals surface area contributed by atoms with Gasteiger partial charge in [0.1, 0.15) is 0 Å². The van der Waals surface area contributed by atoms with Crippen LogP contribution in [0.2, 0.25) is 0 Å². The summed E-state index contributed by atoms with van der Waals surface area (Å²) in [6.45, 7) is 0. The van der Waals surface area contributed by atoms with Crippen LogP contribution in [-0.4, -0.2) is 24.0 Å². The largest absolute Gasteiger partial charge is 0.324 e. The average Bonchev–Trinajstić information content (AvgIpc) is 2.45. The van der Waals surface area contributed by atoms with Gasteiger partial charge in [0.2, 0.25) is 5.91 Å². The van der Waals surface area contributed by atoms with Crippen LogP contribution in [0, 0.1) is 0 Å². The first-order valence-corrected chi connectivity index (χ1v) is 7.65. The molecule has 0 aliphatic rings. The van der Waals surface area contributed by atoms with E-state index in [4.69, 9.17) is 5.73 Å². The summed E-state index contributed by atoms with van der Waals surface area (Å²) < 4.78 is 0. The molecule has 4 heteroatoms. The van der Waals surface area contributed by atoms with Gasteiger partial charge in [-0.3, -0.25) is 4.79 Å². The second-order valence-corrected chi connectivity index (χ2v) is 5.39. The van der Waals surface area contributed by atoms with E-state index in [0.717, 1.165) is 22.2 Å². The van der Waals surface area contributed by atoms with E-state index in [1.54, 1.807) is 11.8 Å². The van der Waals surface area contributed by atoms with E-state index in [9.17, 15) is 4.79 Å². The van der Waals surface area contributed by atoms with E-state index >= 15 is 0 Å². The lowest BCUT2D eigenvalue weighted by Gasteiger charge is -2.13. The number of thioether (sulfide) groups is 1. The fourth-order valence-corrected chi connectivity index (χ4v) is 2.43. The standard InChI is InChI=1S/C15H18N2OS/c1-19-10-9-13(16)15(18)17-14-8-4-6-11-5-2-3-7-12(11)14/h2-8,13H,9-10,16H2,1H3,(H,17,18)/t13-/m1/s1. The molecule has 3 N–H and O–H groups in total. The molecule has 0 radical (unpaired) electrons. The summed E-state index contributed by atoms with van der Waals surface area (Å²) in [5.41, 5.74) is 6.69. The van der Waals surface area contributed by atoms with E-state index in [1.807, 2.05) is 48.7 Å². The van der Waals surface area contributed by atoms with Crippen LogP contribution in [0.4, 0.5) is 5.69 Å². The van der Waals surface area contributed by atoms with Gasteiger partial charge in [-0.25, -0.2) is 0 Å². The summed E-state index contributed by atoms with van der Waals surface area (Å²) in [5, 5.41) is 5.07. The molecule has 0 aromatic heterocycles. The van der Waals surface area contributed by atoms with Gasteiger partial charge in [-0.05, 0) is 29.9 Å². The van der Waals surface area contributed by atoms with Crippen LogP contribution < -0.4 is 11.1 Å². The maximum absolute atomic E-state index is 12.0. The lowest BCUT2D eigenvalue weighted by atomic mass is 10.1. The zero-order valence-electron chi connectivity index (χ0n) is 10.9. The quantitative estimate of drug-likeness (QED) is 0.881. The number of anilines is 1. The summed E-state index contributed by atoms with van der Waals surface area (Å²) in [7, 11) is 0. The molecule has 1 atom stereocenters. The predicted octanol–water partition coefficient (Wildman–Crippen LogP) is 2.86. The van der Waals surface area contributed by atoms with Gasteiger partial charge >= 0.3 is 0 Å². The number of hydrogen-bond acceptors (Lipinski definition) is 3. The van der Waals surface area contributed by atoms with Crippen molar-refractivity contribution in [3.63, 3.8) is 0 Å². The molecule has 0 spiro atoms. The fraction of sp³-hybridized carbons (Fsp3) is 0.267. The number of amides is 1. The second-order valence-electron chi connectivity index (χ2n) is 4.40. The van der Waals surface area contributed by atoms with Crippen molar-refractivity contribution in [2.45, 2.75) is 12.5 Å². The van der Waals surface area contributed by atoms with Gasteiger partial charge in [-0.2, -0.15) is 11.8 Å². The Labute approximate surface area is 117 Å². The van der Waals surface area contributed by atoms with Gasteiger partial charge in [0.05, 0.1) is 6.04 Å². The number of hydrogen-bond donors (Lipinski definition) is 2. The third-order valence-electron chi connectivity index (χ3n) is 3.02. The number of carbonyl (C=O) groups excluding carboxylic acids is 1. The summed E-state index contributed by atoms with van der Waals surface area (Å²) in [6.07, 6.45) is 2.70. The molecule has 2 aromatic rings. The van der Waals surface area contributed by atoms with Crippen molar-refractivity contribution in [3.05, 3.63) is 42.5 Å². The smallest absolute Gasteiger partial charge is 0.241 e. The summed E-state index contributed by atoms with van der Waals surface area (Å²) in [4.78, 5) is 12.0. The highest BCUT2D eigenvalue weighted by atomic mass is 32.2. The highest BCUT2D eigenvalue weighted by Crippen LogP contribution is 2.23. The first-order chi connectivity index (χ1) is 9.22. The molecule has 0 aliphatic heterocycles. The molecular formula is C15H18N2OS. The third-order valence-corrected chi connectivity index (χ3v) is 3.66. The molecule has 2 aromatic carbocycles. The molecule has 2 rings (SSSR count). The molecule has 0 unspecified atom stereocenters. The number of carbonyl (C=O) groups is 1. The average molecular weight is 274 g/mol. The van der Waals surface area contributed by atoms with Crippen molar-refractivity contribution in [1.29, 1.82) is 0 Å². The van der Waals surface area contributed by atoms with Gasteiger partial charge in [-0.15, -0.1) is 0 Å². The maximum Gasteiger partial charge on any atom is 0.241 e. The van der Waals surface area contributed by atoms with E-state index < -0.39 is 6.04 Å². The van der Waals surface area contributed by atoms with Crippen LogP contribution in [0.3, 0.4) is 0 Å². The molecule has 100 valence electrons. The lowest BCUT2D eigenvalue weighted by Crippen LogP contribution is -2.36. The van der Waals surface area contributed by atoms with Crippen molar-refractivity contribution < 1.29 is 4.79 Å². The van der Waals surface area contributed by atoms with Gasteiger partial charge in [0.15, 0.2) is 0 Å². The van der Waals surface area contributed by atoms with E-state index in [1.165, 1.54) is 0 Å². The first-order valence-electron chi connectivity index (χ1n) is 6.25. The highest BCUT2D eigenvalue weighted by molar-refractivity contribution is 7.98. The molecule has 0 heterocycles. The number of benzene rings is 2. The second kappa shape index (κ2) is 6.59. The first kappa shape index (κ1) is 13.9. The van der Waals surface area contributed by atoms with E-state index in [2.05, 4.69) is 5.32 Å². The number of rotatable bonds is 5. The minimum absolute atomic E-state index is 0.120. The van der Waals surface area contributed by atoms with Crippen molar-refractivity contribution >= 4 is 34.1 Å². The van der Waals surface area contributed by atoms with Crippen LogP contribution in [0.25, 0.3) is 10.8 Å². The molecular weight excluding hydrogens is 256 g/mol.